The molecule has 1 aromatic carbocycles. The number of carbonyl (C=O) groups excluding carboxylic acids is 1. The molecule has 120 valence electrons. The van der Waals surface area contributed by atoms with E-state index >= 15 is 0 Å². The van der Waals surface area contributed by atoms with Crippen molar-refractivity contribution >= 4 is 12.0 Å². The molecule has 9 heteroatoms. The standard InChI is InChI=1S/C13H13F3N2O4/c1-12(2)10(18-22-11(19)17-3)20-9-6-7(13(14,15)16)4-5-8(9)21-12/h4-6H,1-3H3,(H,17,19). The lowest BCUT2D eigenvalue weighted by molar-refractivity contribution is -0.137. The van der Waals surface area contributed by atoms with Gasteiger partial charge in [0.2, 0.25) is 0 Å². The van der Waals surface area contributed by atoms with Gasteiger partial charge in [0.1, 0.15) is 0 Å². The number of nitrogens with zero attached hydrogens (tertiary/aromatic N) is 1. The number of fused-ring (bicyclic) bond motifs is 1. The minimum Gasteiger partial charge on any atom is -0.474 e. The maximum absolute atomic E-state index is 12.7. The molecule has 0 aliphatic carbocycles. The highest BCUT2D eigenvalue weighted by Gasteiger charge is 2.39. The van der Waals surface area contributed by atoms with E-state index in [0.29, 0.717) is 0 Å². The summed E-state index contributed by atoms with van der Waals surface area (Å²) in [6, 6.07) is 2.84. The molecule has 1 aliphatic rings. The fourth-order valence-corrected chi connectivity index (χ4v) is 1.65. The molecule has 0 bridgehead atoms. The van der Waals surface area contributed by atoms with Gasteiger partial charge in [-0.1, -0.05) is 0 Å². The molecular weight excluding hydrogens is 305 g/mol. The molecule has 1 aromatic rings. The first-order valence-electron chi connectivity index (χ1n) is 6.19. The van der Waals surface area contributed by atoms with Crippen molar-refractivity contribution < 1.29 is 32.3 Å². The largest absolute Gasteiger partial charge is 0.474 e. The normalized spacial score (nSPS) is 18.0. The zero-order valence-electron chi connectivity index (χ0n) is 11.9. The average Bonchev–Trinajstić information content (AvgIpc) is 2.42. The third-order valence-electron chi connectivity index (χ3n) is 2.77. The molecule has 1 heterocycles. The van der Waals surface area contributed by atoms with Crippen LogP contribution in [0.15, 0.2) is 23.4 Å². The van der Waals surface area contributed by atoms with E-state index in [0.717, 1.165) is 18.2 Å². The van der Waals surface area contributed by atoms with Crippen LogP contribution in [0.5, 0.6) is 11.5 Å². The Labute approximate surface area is 123 Å². The number of benzene rings is 1. The average molecular weight is 318 g/mol. The van der Waals surface area contributed by atoms with E-state index in [9.17, 15) is 18.0 Å². The lowest BCUT2D eigenvalue weighted by Crippen LogP contribution is -2.45. The first kappa shape index (κ1) is 15.9. The number of amides is 1. The summed E-state index contributed by atoms with van der Waals surface area (Å²) in [5, 5.41) is 5.64. The summed E-state index contributed by atoms with van der Waals surface area (Å²) in [4.78, 5) is 15.5. The van der Waals surface area contributed by atoms with Gasteiger partial charge in [0, 0.05) is 7.05 Å². The molecule has 0 saturated carbocycles. The summed E-state index contributed by atoms with van der Waals surface area (Å²) in [5.74, 6) is -0.201. The molecule has 22 heavy (non-hydrogen) atoms. The molecule has 1 amide bonds. The van der Waals surface area contributed by atoms with Crippen LogP contribution >= 0.6 is 0 Å². The minimum atomic E-state index is -4.51. The highest BCUT2D eigenvalue weighted by molar-refractivity contribution is 5.89. The quantitative estimate of drug-likeness (QED) is 0.638. The van der Waals surface area contributed by atoms with Crippen LogP contribution in [0.25, 0.3) is 0 Å². The van der Waals surface area contributed by atoms with Crippen LogP contribution in [-0.4, -0.2) is 24.6 Å². The molecule has 0 unspecified atom stereocenters. The van der Waals surface area contributed by atoms with E-state index in [4.69, 9.17) is 9.47 Å². The van der Waals surface area contributed by atoms with E-state index < -0.39 is 23.4 Å². The van der Waals surface area contributed by atoms with Crippen LogP contribution in [-0.2, 0) is 11.0 Å². The second-order valence-corrected chi connectivity index (χ2v) is 4.90. The summed E-state index contributed by atoms with van der Waals surface area (Å²) < 4.78 is 48.9. The third-order valence-corrected chi connectivity index (χ3v) is 2.77. The first-order chi connectivity index (χ1) is 10.1. The highest BCUT2D eigenvalue weighted by atomic mass is 19.4. The van der Waals surface area contributed by atoms with Crippen molar-refractivity contribution in [3.05, 3.63) is 23.8 Å². The predicted molar refractivity (Wildman–Crippen MR) is 69.8 cm³/mol. The third kappa shape index (κ3) is 3.23. The second-order valence-electron chi connectivity index (χ2n) is 4.90. The Balaban J connectivity index is 2.34. The fourth-order valence-electron chi connectivity index (χ4n) is 1.65. The summed E-state index contributed by atoms with van der Waals surface area (Å²) in [6.45, 7) is 3.14. The highest BCUT2D eigenvalue weighted by Crippen LogP contribution is 2.40. The number of nitrogens with one attached hydrogen (secondary N) is 1. The Morgan fingerprint density at radius 3 is 2.59 bits per heavy atom. The van der Waals surface area contributed by atoms with E-state index in [1.807, 2.05) is 0 Å². The van der Waals surface area contributed by atoms with Crippen molar-refractivity contribution in [1.29, 1.82) is 0 Å². The molecular formula is C13H13F3N2O4. The Kier molecular flexibility index (Phi) is 3.90. The Morgan fingerprint density at radius 2 is 2.00 bits per heavy atom. The fraction of sp³-hybridized carbons (Fsp3) is 0.385. The number of carbonyl (C=O) groups is 1. The lowest BCUT2D eigenvalue weighted by Gasteiger charge is -2.32. The summed E-state index contributed by atoms with van der Waals surface area (Å²) in [5.41, 5.74) is -2.00. The number of rotatable bonds is 1. The number of ether oxygens (including phenoxy) is 2. The number of alkyl halides is 3. The summed E-state index contributed by atoms with van der Waals surface area (Å²) >= 11 is 0. The van der Waals surface area contributed by atoms with Crippen LogP contribution in [0.1, 0.15) is 19.4 Å². The second kappa shape index (κ2) is 5.39. The minimum absolute atomic E-state index is 0.136. The van der Waals surface area contributed by atoms with Crippen molar-refractivity contribution in [2.45, 2.75) is 25.6 Å². The molecule has 0 aromatic heterocycles. The van der Waals surface area contributed by atoms with Crippen LogP contribution < -0.4 is 14.8 Å². The smallest absolute Gasteiger partial charge is 0.433 e. The van der Waals surface area contributed by atoms with Gasteiger partial charge in [-0.2, -0.15) is 13.2 Å². The molecule has 2 rings (SSSR count). The molecule has 0 saturated heterocycles. The topological polar surface area (TPSA) is 69.2 Å². The van der Waals surface area contributed by atoms with Crippen molar-refractivity contribution in [2.24, 2.45) is 5.16 Å². The van der Waals surface area contributed by atoms with Gasteiger partial charge in [-0.15, -0.1) is 0 Å². The van der Waals surface area contributed by atoms with Crippen LogP contribution in [0.2, 0.25) is 0 Å². The van der Waals surface area contributed by atoms with Crippen LogP contribution in [0.4, 0.5) is 18.0 Å². The molecule has 1 N–H and O–H groups in total. The summed E-state index contributed by atoms with van der Waals surface area (Å²) in [6.07, 6.45) is -5.36. The lowest BCUT2D eigenvalue weighted by atomic mass is 10.1. The van der Waals surface area contributed by atoms with Crippen molar-refractivity contribution in [3.63, 3.8) is 0 Å². The van der Waals surface area contributed by atoms with Crippen LogP contribution in [0.3, 0.4) is 0 Å². The number of halogens is 3. The van der Waals surface area contributed by atoms with Gasteiger partial charge in [-0.05, 0) is 37.2 Å². The van der Waals surface area contributed by atoms with E-state index in [-0.39, 0.29) is 17.4 Å². The number of oxime groups is 1. The van der Waals surface area contributed by atoms with Gasteiger partial charge in [0.15, 0.2) is 17.1 Å². The van der Waals surface area contributed by atoms with Crippen LogP contribution in [0, 0.1) is 0 Å². The molecule has 0 atom stereocenters. The number of hydrogen-bond donors (Lipinski definition) is 1. The van der Waals surface area contributed by atoms with Crippen molar-refractivity contribution in [1.82, 2.24) is 5.32 Å². The van der Waals surface area contributed by atoms with Gasteiger partial charge in [-0.3, -0.25) is 4.84 Å². The van der Waals surface area contributed by atoms with Crippen molar-refractivity contribution in [2.75, 3.05) is 7.05 Å². The molecule has 6 nitrogen and oxygen atoms in total. The predicted octanol–water partition coefficient (Wildman–Crippen LogP) is 2.92. The Morgan fingerprint density at radius 1 is 1.32 bits per heavy atom. The van der Waals surface area contributed by atoms with E-state index in [1.165, 1.54) is 7.05 Å². The maximum atomic E-state index is 12.7. The van der Waals surface area contributed by atoms with Gasteiger partial charge < -0.3 is 14.8 Å². The monoisotopic (exact) mass is 318 g/mol. The van der Waals surface area contributed by atoms with Crippen molar-refractivity contribution in [3.8, 4) is 11.5 Å². The molecule has 1 aliphatic heterocycles. The Hall–Kier alpha value is -2.45. The molecule has 0 radical (unpaired) electrons. The van der Waals surface area contributed by atoms with Gasteiger partial charge in [0.05, 0.1) is 5.56 Å². The Bertz CT molecular complexity index is 626. The van der Waals surface area contributed by atoms with E-state index in [1.54, 1.807) is 13.8 Å². The molecule has 0 fully saturated rings. The maximum Gasteiger partial charge on any atom is 0.433 e. The first-order valence-corrected chi connectivity index (χ1v) is 6.19. The molecule has 0 spiro atoms. The SMILES string of the molecule is CNC(=O)ON=C1Oc2cc(C(F)(F)F)ccc2OC1(C)C. The number of hydrogen-bond acceptors (Lipinski definition) is 5. The van der Waals surface area contributed by atoms with Gasteiger partial charge in [-0.25, -0.2) is 4.79 Å². The zero-order chi connectivity index (χ0) is 16.5. The zero-order valence-corrected chi connectivity index (χ0v) is 11.9. The van der Waals surface area contributed by atoms with Gasteiger partial charge in [0.25, 0.3) is 5.90 Å². The van der Waals surface area contributed by atoms with Gasteiger partial charge >= 0.3 is 12.3 Å². The van der Waals surface area contributed by atoms with E-state index in [2.05, 4.69) is 15.3 Å². The summed E-state index contributed by atoms with van der Waals surface area (Å²) in [7, 11) is 1.33.